The largest absolute Gasteiger partial charge is 0.396 e. The number of ether oxygens (including phenoxy) is 1. The molecular formula is C15H20F3N5O2. The smallest absolute Gasteiger partial charge is 0.368 e. The predicted molar refractivity (Wildman–Crippen MR) is 80.5 cm³/mol. The van der Waals surface area contributed by atoms with E-state index in [0.29, 0.717) is 25.9 Å². The zero-order valence-electron chi connectivity index (χ0n) is 14.1. The number of methoxy groups -OCH3 is 1. The van der Waals surface area contributed by atoms with Gasteiger partial charge in [0.05, 0.1) is 6.20 Å². The summed E-state index contributed by atoms with van der Waals surface area (Å²) < 4.78 is 49.8. The van der Waals surface area contributed by atoms with E-state index in [-0.39, 0.29) is 11.7 Å². The van der Waals surface area contributed by atoms with Gasteiger partial charge in [-0.05, 0) is 12.8 Å². The van der Waals surface area contributed by atoms with Crippen LogP contribution in [0, 0.1) is 0 Å². The molecule has 10 heteroatoms. The molecule has 1 aliphatic rings. The van der Waals surface area contributed by atoms with E-state index in [1.165, 1.54) is 7.11 Å². The Hall–Kier alpha value is -1.94. The highest BCUT2D eigenvalue weighted by atomic mass is 19.4. The van der Waals surface area contributed by atoms with Crippen molar-refractivity contribution in [3.05, 3.63) is 29.7 Å². The van der Waals surface area contributed by atoms with Crippen molar-refractivity contribution in [1.82, 2.24) is 24.8 Å². The summed E-state index contributed by atoms with van der Waals surface area (Å²) in [6.07, 6.45) is -0.661. The number of hydrogen-bond donors (Lipinski definition) is 0. The van der Waals surface area contributed by atoms with E-state index in [0.717, 1.165) is 12.1 Å². The van der Waals surface area contributed by atoms with Crippen LogP contribution in [0.3, 0.4) is 0 Å². The molecule has 25 heavy (non-hydrogen) atoms. The maximum absolute atomic E-state index is 12.5. The first-order valence-corrected chi connectivity index (χ1v) is 7.94. The lowest BCUT2D eigenvalue weighted by Crippen LogP contribution is -2.43. The van der Waals surface area contributed by atoms with E-state index >= 15 is 0 Å². The molecular weight excluding hydrogens is 339 g/mol. The van der Waals surface area contributed by atoms with Crippen molar-refractivity contribution < 1.29 is 22.4 Å². The van der Waals surface area contributed by atoms with Gasteiger partial charge in [-0.3, -0.25) is 9.58 Å². The Morgan fingerprint density at radius 2 is 2.04 bits per heavy atom. The van der Waals surface area contributed by atoms with Gasteiger partial charge in [0.25, 0.3) is 5.89 Å². The monoisotopic (exact) mass is 359 g/mol. The fraction of sp³-hybridized carbons (Fsp3) is 0.667. The van der Waals surface area contributed by atoms with Gasteiger partial charge in [0.1, 0.15) is 12.0 Å². The topological polar surface area (TPSA) is 69.2 Å². The molecule has 138 valence electrons. The van der Waals surface area contributed by atoms with Gasteiger partial charge in [0, 0.05) is 45.6 Å². The van der Waals surface area contributed by atoms with Crippen LogP contribution in [0.1, 0.15) is 30.1 Å². The molecule has 1 aliphatic heterocycles. The van der Waals surface area contributed by atoms with E-state index in [9.17, 15) is 13.2 Å². The van der Waals surface area contributed by atoms with Crippen LogP contribution < -0.4 is 0 Å². The van der Waals surface area contributed by atoms with Crippen molar-refractivity contribution in [2.24, 2.45) is 7.05 Å². The van der Waals surface area contributed by atoms with Crippen LogP contribution in [0.2, 0.25) is 0 Å². The first-order chi connectivity index (χ1) is 11.8. The SMILES string of the molecule is COC1(c2nc(CC(F)(F)F)no2)CCN(Cc2cnn(C)c2)CC1. The fourth-order valence-corrected chi connectivity index (χ4v) is 3.08. The number of nitrogens with zero attached hydrogens (tertiary/aromatic N) is 5. The predicted octanol–water partition coefficient (Wildman–Crippen LogP) is 2.05. The summed E-state index contributed by atoms with van der Waals surface area (Å²) in [4.78, 5) is 6.16. The molecule has 1 saturated heterocycles. The fourth-order valence-electron chi connectivity index (χ4n) is 3.08. The first kappa shape index (κ1) is 17.9. The average Bonchev–Trinajstić information content (AvgIpc) is 3.16. The molecule has 3 heterocycles. The standard InChI is InChI=1S/C15H20F3N5O2/c1-22-9-11(8-19-22)10-23-5-3-14(24-2,4-6-23)13-20-12(21-25-13)7-15(16,17)18/h8-9H,3-7,10H2,1-2H3. The van der Waals surface area contributed by atoms with Crippen molar-refractivity contribution in [2.45, 2.75) is 37.6 Å². The van der Waals surface area contributed by atoms with Gasteiger partial charge in [0.15, 0.2) is 5.82 Å². The molecule has 0 N–H and O–H groups in total. The Morgan fingerprint density at radius 1 is 1.32 bits per heavy atom. The quantitative estimate of drug-likeness (QED) is 0.814. The Balaban J connectivity index is 1.65. The van der Waals surface area contributed by atoms with Gasteiger partial charge in [0.2, 0.25) is 0 Å². The van der Waals surface area contributed by atoms with Gasteiger partial charge in [-0.1, -0.05) is 5.16 Å². The number of aryl methyl sites for hydroxylation is 1. The number of hydrogen-bond acceptors (Lipinski definition) is 6. The minimum absolute atomic E-state index is 0.121. The van der Waals surface area contributed by atoms with E-state index in [4.69, 9.17) is 9.26 Å². The molecule has 0 aliphatic carbocycles. The van der Waals surface area contributed by atoms with E-state index in [2.05, 4.69) is 20.1 Å². The van der Waals surface area contributed by atoms with Gasteiger partial charge in [-0.2, -0.15) is 23.3 Å². The van der Waals surface area contributed by atoms with Crippen molar-refractivity contribution in [1.29, 1.82) is 0 Å². The minimum Gasteiger partial charge on any atom is -0.368 e. The van der Waals surface area contributed by atoms with Crippen LogP contribution in [0.25, 0.3) is 0 Å². The lowest BCUT2D eigenvalue weighted by molar-refractivity contribution is -0.128. The number of rotatable bonds is 5. The number of aromatic nitrogens is 4. The molecule has 3 rings (SSSR count). The second-order valence-electron chi connectivity index (χ2n) is 6.30. The highest BCUT2D eigenvalue weighted by Gasteiger charge is 2.42. The van der Waals surface area contributed by atoms with Crippen LogP contribution in [0.15, 0.2) is 16.9 Å². The highest BCUT2D eigenvalue weighted by molar-refractivity contribution is 5.06. The maximum Gasteiger partial charge on any atom is 0.396 e. The summed E-state index contributed by atoms with van der Waals surface area (Å²) in [5.41, 5.74) is 0.278. The van der Waals surface area contributed by atoms with Crippen LogP contribution in [0.4, 0.5) is 13.2 Å². The summed E-state index contributed by atoms with van der Waals surface area (Å²) >= 11 is 0. The zero-order valence-corrected chi connectivity index (χ0v) is 14.1. The van der Waals surface area contributed by atoms with Gasteiger partial charge < -0.3 is 9.26 Å². The van der Waals surface area contributed by atoms with Gasteiger partial charge in [-0.25, -0.2) is 0 Å². The summed E-state index contributed by atoms with van der Waals surface area (Å²) in [7, 11) is 3.38. The molecule has 0 atom stereocenters. The molecule has 0 unspecified atom stereocenters. The Bertz CT molecular complexity index is 704. The third-order valence-electron chi connectivity index (χ3n) is 4.44. The van der Waals surface area contributed by atoms with Crippen LogP contribution in [0.5, 0.6) is 0 Å². The molecule has 0 amide bonds. The molecule has 0 aromatic carbocycles. The second kappa shape index (κ2) is 6.75. The molecule has 0 radical (unpaired) electrons. The Labute approximate surface area is 142 Å². The third-order valence-corrected chi connectivity index (χ3v) is 4.44. The van der Waals surface area contributed by atoms with Crippen molar-refractivity contribution in [3.63, 3.8) is 0 Å². The van der Waals surface area contributed by atoms with Crippen molar-refractivity contribution >= 4 is 0 Å². The van der Waals surface area contributed by atoms with E-state index in [1.54, 1.807) is 4.68 Å². The molecule has 2 aromatic rings. The average molecular weight is 359 g/mol. The number of likely N-dealkylation sites (tertiary alicyclic amines) is 1. The number of alkyl halides is 3. The number of halogens is 3. The van der Waals surface area contributed by atoms with Crippen molar-refractivity contribution in [2.75, 3.05) is 20.2 Å². The van der Waals surface area contributed by atoms with E-state index in [1.807, 2.05) is 19.4 Å². The second-order valence-corrected chi connectivity index (χ2v) is 6.30. The van der Waals surface area contributed by atoms with Crippen molar-refractivity contribution in [3.8, 4) is 0 Å². The van der Waals surface area contributed by atoms with Crippen LogP contribution in [-0.2, 0) is 30.4 Å². The molecule has 0 spiro atoms. The lowest BCUT2D eigenvalue weighted by Gasteiger charge is -2.38. The van der Waals surface area contributed by atoms with Gasteiger partial charge >= 0.3 is 6.18 Å². The molecule has 2 aromatic heterocycles. The normalized spacial score (nSPS) is 18.6. The highest BCUT2D eigenvalue weighted by Crippen LogP contribution is 2.36. The molecule has 0 saturated carbocycles. The van der Waals surface area contributed by atoms with Gasteiger partial charge in [-0.15, -0.1) is 0 Å². The summed E-state index contributed by atoms with van der Waals surface area (Å²) in [6, 6.07) is 0. The first-order valence-electron chi connectivity index (χ1n) is 7.94. The molecule has 1 fully saturated rings. The Morgan fingerprint density at radius 3 is 2.60 bits per heavy atom. The summed E-state index contributed by atoms with van der Waals surface area (Å²) in [6.45, 7) is 2.18. The third kappa shape index (κ3) is 4.18. The summed E-state index contributed by atoms with van der Waals surface area (Å²) in [5.74, 6) is -0.244. The molecule has 7 nitrogen and oxygen atoms in total. The minimum atomic E-state index is -4.37. The van der Waals surface area contributed by atoms with Crippen LogP contribution in [-0.4, -0.2) is 51.2 Å². The Kier molecular flexibility index (Phi) is 4.83. The van der Waals surface area contributed by atoms with E-state index < -0.39 is 18.2 Å². The maximum atomic E-state index is 12.5. The molecule has 0 bridgehead atoms. The summed E-state index contributed by atoms with van der Waals surface area (Å²) in [5, 5.41) is 7.60. The number of piperidine rings is 1. The zero-order chi connectivity index (χ0) is 18.1. The lowest BCUT2D eigenvalue weighted by atomic mass is 9.90. The van der Waals surface area contributed by atoms with Crippen LogP contribution >= 0.6 is 0 Å².